The van der Waals surface area contributed by atoms with Crippen molar-refractivity contribution in [3.05, 3.63) is 52.4 Å². The fourth-order valence-corrected chi connectivity index (χ4v) is 2.18. The van der Waals surface area contributed by atoms with Crippen LogP contribution in [0, 0.1) is 6.92 Å². The standard InChI is InChI=1S/C18H24N2O4/c1-14-18(22)17(21)8-9-20(14)15-4-6-16(7-5-15)24-13-12-23-11-10-19(2)3/h4-9,22H,10-13H2,1-3H3. The van der Waals surface area contributed by atoms with E-state index in [0.717, 1.165) is 18.0 Å². The smallest absolute Gasteiger partial charge is 0.223 e. The summed E-state index contributed by atoms with van der Waals surface area (Å²) in [5, 5.41) is 9.75. The number of hydrogen-bond donors (Lipinski definition) is 1. The van der Waals surface area contributed by atoms with E-state index in [2.05, 4.69) is 4.90 Å². The van der Waals surface area contributed by atoms with Gasteiger partial charge in [0.15, 0.2) is 5.75 Å². The zero-order valence-corrected chi connectivity index (χ0v) is 14.4. The van der Waals surface area contributed by atoms with E-state index in [1.807, 2.05) is 38.4 Å². The third-order valence-corrected chi connectivity index (χ3v) is 3.61. The second-order valence-electron chi connectivity index (χ2n) is 5.74. The summed E-state index contributed by atoms with van der Waals surface area (Å²) in [7, 11) is 4.01. The molecule has 1 aromatic carbocycles. The summed E-state index contributed by atoms with van der Waals surface area (Å²) >= 11 is 0. The van der Waals surface area contributed by atoms with Gasteiger partial charge in [0.25, 0.3) is 0 Å². The number of ether oxygens (including phenoxy) is 2. The van der Waals surface area contributed by atoms with Crippen molar-refractivity contribution in [2.24, 2.45) is 0 Å². The Hall–Kier alpha value is -2.31. The lowest BCUT2D eigenvalue weighted by Crippen LogP contribution is -2.19. The zero-order chi connectivity index (χ0) is 17.5. The first-order valence-electron chi connectivity index (χ1n) is 7.86. The van der Waals surface area contributed by atoms with Crippen LogP contribution in [0.25, 0.3) is 5.69 Å². The third-order valence-electron chi connectivity index (χ3n) is 3.61. The van der Waals surface area contributed by atoms with Crippen LogP contribution in [0.15, 0.2) is 41.3 Å². The summed E-state index contributed by atoms with van der Waals surface area (Å²) in [5.41, 5.74) is 0.973. The Balaban J connectivity index is 1.89. The van der Waals surface area contributed by atoms with E-state index < -0.39 is 0 Å². The molecule has 1 N–H and O–H groups in total. The van der Waals surface area contributed by atoms with Crippen molar-refractivity contribution in [3.63, 3.8) is 0 Å². The van der Waals surface area contributed by atoms with Gasteiger partial charge in [0, 0.05) is 24.5 Å². The highest BCUT2D eigenvalue weighted by Gasteiger charge is 2.06. The SMILES string of the molecule is Cc1c(O)c(=O)ccn1-c1ccc(OCCOCCN(C)C)cc1. The molecule has 0 atom stereocenters. The molecule has 6 heteroatoms. The van der Waals surface area contributed by atoms with E-state index in [1.165, 1.54) is 6.07 Å². The highest BCUT2D eigenvalue weighted by molar-refractivity contribution is 5.41. The molecule has 24 heavy (non-hydrogen) atoms. The predicted octanol–water partition coefficient (Wildman–Crippen LogP) is 1.81. The number of aromatic nitrogens is 1. The number of likely N-dealkylation sites (N-methyl/N-ethyl adjacent to an activating group) is 1. The number of aromatic hydroxyl groups is 1. The van der Waals surface area contributed by atoms with Gasteiger partial charge in [0.1, 0.15) is 12.4 Å². The molecule has 0 saturated carbocycles. The summed E-state index contributed by atoms with van der Waals surface area (Å²) in [6.45, 7) is 4.31. The number of rotatable bonds is 8. The lowest BCUT2D eigenvalue weighted by atomic mass is 10.2. The molecule has 2 rings (SSSR count). The van der Waals surface area contributed by atoms with Gasteiger partial charge in [0.05, 0.1) is 18.9 Å². The maximum absolute atomic E-state index is 11.4. The zero-order valence-electron chi connectivity index (χ0n) is 14.4. The number of benzene rings is 1. The van der Waals surface area contributed by atoms with Crippen molar-refractivity contribution >= 4 is 0 Å². The number of pyridine rings is 1. The quantitative estimate of drug-likeness (QED) is 0.747. The average Bonchev–Trinajstić information content (AvgIpc) is 2.56. The van der Waals surface area contributed by atoms with Crippen molar-refractivity contribution < 1.29 is 14.6 Å². The average molecular weight is 332 g/mol. The first kappa shape index (κ1) is 18.0. The molecule has 0 aliphatic rings. The molecule has 1 heterocycles. The van der Waals surface area contributed by atoms with E-state index in [4.69, 9.17) is 9.47 Å². The molecule has 0 spiro atoms. The van der Waals surface area contributed by atoms with Crippen LogP contribution in [0.5, 0.6) is 11.5 Å². The van der Waals surface area contributed by atoms with Crippen molar-refractivity contribution in [2.75, 3.05) is 40.5 Å². The molecule has 0 saturated heterocycles. The van der Waals surface area contributed by atoms with E-state index in [1.54, 1.807) is 17.7 Å². The van der Waals surface area contributed by atoms with E-state index in [0.29, 0.717) is 25.5 Å². The van der Waals surface area contributed by atoms with Gasteiger partial charge in [-0.25, -0.2) is 0 Å². The molecular weight excluding hydrogens is 308 g/mol. The van der Waals surface area contributed by atoms with Gasteiger partial charge in [-0.15, -0.1) is 0 Å². The molecule has 2 aromatic rings. The summed E-state index contributed by atoms with van der Waals surface area (Å²) in [6, 6.07) is 8.80. The van der Waals surface area contributed by atoms with E-state index in [9.17, 15) is 9.90 Å². The van der Waals surface area contributed by atoms with Crippen LogP contribution in [-0.4, -0.2) is 55.0 Å². The third kappa shape index (κ3) is 4.84. The van der Waals surface area contributed by atoms with Crippen molar-refractivity contribution in [1.29, 1.82) is 0 Å². The largest absolute Gasteiger partial charge is 0.503 e. The molecule has 0 amide bonds. The Bertz CT molecular complexity index is 708. The number of nitrogens with zero attached hydrogens (tertiary/aromatic N) is 2. The molecule has 0 aliphatic carbocycles. The Kier molecular flexibility index (Phi) is 6.40. The Labute approximate surface area is 141 Å². The summed E-state index contributed by atoms with van der Waals surface area (Å²) in [4.78, 5) is 13.5. The van der Waals surface area contributed by atoms with Crippen LogP contribution < -0.4 is 10.2 Å². The molecule has 0 bridgehead atoms. The topological polar surface area (TPSA) is 63.9 Å². The van der Waals surface area contributed by atoms with Crippen LogP contribution >= 0.6 is 0 Å². The minimum Gasteiger partial charge on any atom is -0.503 e. The first-order chi connectivity index (χ1) is 11.5. The Morgan fingerprint density at radius 1 is 1.08 bits per heavy atom. The van der Waals surface area contributed by atoms with Crippen LogP contribution in [0.3, 0.4) is 0 Å². The van der Waals surface area contributed by atoms with Crippen molar-refractivity contribution in [1.82, 2.24) is 9.47 Å². The van der Waals surface area contributed by atoms with Crippen LogP contribution in [0.2, 0.25) is 0 Å². The molecule has 0 aliphatic heterocycles. The lowest BCUT2D eigenvalue weighted by molar-refractivity contribution is 0.0890. The molecule has 0 fully saturated rings. The molecule has 6 nitrogen and oxygen atoms in total. The van der Waals surface area contributed by atoms with Crippen LogP contribution in [0.1, 0.15) is 5.69 Å². The highest BCUT2D eigenvalue weighted by Crippen LogP contribution is 2.19. The predicted molar refractivity (Wildman–Crippen MR) is 93.3 cm³/mol. The van der Waals surface area contributed by atoms with Gasteiger partial charge in [0.2, 0.25) is 5.43 Å². The van der Waals surface area contributed by atoms with E-state index >= 15 is 0 Å². The van der Waals surface area contributed by atoms with Crippen molar-refractivity contribution in [2.45, 2.75) is 6.92 Å². The van der Waals surface area contributed by atoms with Gasteiger partial charge in [-0.2, -0.15) is 0 Å². The second-order valence-corrected chi connectivity index (χ2v) is 5.74. The fourth-order valence-electron chi connectivity index (χ4n) is 2.18. The van der Waals surface area contributed by atoms with Crippen LogP contribution in [-0.2, 0) is 4.74 Å². The molecular formula is C18H24N2O4. The highest BCUT2D eigenvalue weighted by atomic mass is 16.5. The van der Waals surface area contributed by atoms with Crippen LogP contribution in [0.4, 0.5) is 0 Å². The molecule has 1 aromatic heterocycles. The Morgan fingerprint density at radius 2 is 1.79 bits per heavy atom. The summed E-state index contributed by atoms with van der Waals surface area (Å²) < 4.78 is 12.9. The van der Waals surface area contributed by atoms with Gasteiger partial charge in [-0.05, 0) is 45.3 Å². The molecule has 130 valence electrons. The van der Waals surface area contributed by atoms with Crippen molar-refractivity contribution in [3.8, 4) is 17.2 Å². The molecule has 0 radical (unpaired) electrons. The molecule has 0 unspecified atom stereocenters. The van der Waals surface area contributed by atoms with Gasteiger partial charge >= 0.3 is 0 Å². The van der Waals surface area contributed by atoms with Gasteiger partial charge < -0.3 is 24.0 Å². The number of hydrogen-bond acceptors (Lipinski definition) is 5. The summed E-state index contributed by atoms with van der Waals surface area (Å²) in [6.07, 6.45) is 1.64. The lowest BCUT2D eigenvalue weighted by Gasteiger charge is -2.13. The van der Waals surface area contributed by atoms with Gasteiger partial charge in [-0.3, -0.25) is 4.79 Å². The minimum atomic E-state index is -0.377. The van der Waals surface area contributed by atoms with Gasteiger partial charge in [-0.1, -0.05) is 0 Å². The van der Waals surface area contributed by atoms with E-state index in [-0.39, 0.29) is 11.2 Å². The minimum absolute atomic E-state index is 0.229. The fraction of sp³-hybridized carbons (Fsp3) is 0.389. The summed E-state index contributed by atoms with van der Waals surface area (Å²) in [5.74, 6) is 0.519. The normalized spacial score (nSPS) is 11.0. The Morgan fingerprint density at radius 3 is 2.46 bits per heavy atom. The maximum atomic E-state index is 11.4. The maximum Gasteiger partial charge on any atom is 0.223 e. The first-order valence-corrected chi connectivity index (χ1v) is 7.86. The second kappa shape index (κ2) is 8.52. The monoisotopic (exact) mass is 332 g/mol.